The SMILES string of the molecule is N#C/C(=C/Nc1cccc([N+](=O)[O-])c1)C(=O)Nc1ccc(F)cc1. The lowest BCUT2D eigenvalue weighted by atomic mass is 10.2. The summed E-state index contributed by atoms with van der Waals surface area (Å²) in [4.78, 5) is 22.1. The van der Waals surface area contributed by atoms with Gasteiger partial charge in [0.15, 0.2) is 0 Å². The number of nitrogens with one attached hydrogen (secondary N) is 2. The molecule has 0 aromatic heterocycles. The number of nitro groups is 1. The maximum absolute atomic E-state index is 12.8. The molecule has 0 aliphatic rings. The summed E-state index contributed by atoms with van der Waals surface area (Å²) in [5.74, 6) is -1.14. The molecule has 0 heterocycles. The van der Waals surface area contributed by atoms with Crippen LogP contribution in [-0.2, 0) is 4.79 Å². The summed E-state index contributed by atoms with van der Waals surface area (Å²) in [5, 5.41) is 24.9. The summed E-state index contributed by atoms with van der Waals surface area (Å²) >= 11 is 0. The Hall–Kier alpha value is -3.73. The van der Waals surface area contributed by atoms with Crippen molar-refractivity contribution in [1.82, 2.24) is 0 Å². The van der Waals surface area contributed by atoms with Crippen LogP contribution in [0.25, 0.3) is 0 Å². The lowest BCUT2D eigenvalue weighted by molar-refractivity contribution is -0.384. The Balaban J connectivity index is 2.10. The van der Waals surface area contributed by atoms with E-state index in [1.165, 1.54) is 42.5 Å². The number of benzene rings is 2. The van der Waals surface area contributed by atoms with Gasteiger partial charge in [0, 0.05) is 29.7 Å². The summed E-state index contributed by atoms with van der Waals surface area (Å²) in [5.41, 5.74) is 0.318. The van der Waals surface area contributed by atoms with E-state index in [9.17, 15) is 19.3 Å². The Morgan fingerprint density at radius 3 is 2.54 bits per heavy atom. The molecule has 0 saturated carbocycles. The van der Waals surface area contributed by atoms with Crippen molar-refractivity contribution in [3.63, 3.8) is 0 Å². The zero-order chi connectivity index (χ0) is 17.5. The molecule has 8 heteroatoms. The fourth-order valence-corrected chi connectivity index (χ4v) is 1.75. The summed E-state index contributed by atoms with van der Waals surface area (Å²) < 4.78 is 12.8. The first kappa shape index (κ1) is 16.6. The van der Waals surface area contributed by atoms with Gasteiger partial charge in [-0.15, -0.1) is 0 Å². The molecule has 24 heavy (non-hydrogen) atoms. The van der Waals surface area contributed by atoms with Crippen LogP contribution in [0.2, 0.25) is 0 Å². The summed E-state index contributed by atoms with van der Waals surface area (Å²) in [6.45, 7) is 0. The number of hydrogen-bond acceptors (Lipinski definition) is 5. The standard InChI is InChI=1S/C16H11FN4O3/c17-12-4-6-13(7-5-12)20-16(22)11(9-18)10-19-14-2-1-3-15(8-14)21(23)24/h1-8,10,19H,(H,20,22)/b11-10-. The van der Waals surface area contributed by atoms with Gasteiger partial charge in [0.1, 0.15) is 17.5 Å². The molecule has 120 valence electrons. The molecule has 2 aromatic carbocycles. The minimum atomic E-state index is -0.693. The quantitative estimate of drug-likeness (QED) is 0.380. The second-order valence-corrected chi connectivity index (χ2v) is 4.58. The molecule has 0 atom stereocenters. The normalized spacial score (nSPS) is 10.6. The number of rotatable bonds is 5. The summed E-state index contributed by atoms with van der Waals surface area (Å²) in [7, 11) is 0. The monoisotopic (exact) mass is 326 g/mol. The highest BCUT2D eigenvalue weighted by Crippen LogP contribution is 2.17. The van der Waals surface area contributed by atoms with E-state index in [0.29, 0.717) is 11.4 Å². The predicted octanol–water partition coefficient (Wildman–Crippen LogP) is 3.19. The van der Waals surface area contributed by atoms with Crippen molar-refractivity contribution in [2.45, 2.75) is 0 Å². The molecule has 0 saturated heterocycles. The van der Waals surface area contributed by atoms with Gasteiger partial charge in [-0.3, -0.25) is 14.9 Å². The highest BCUT2D eigenvalue weighted by atomic mass is 19.1. The van der Waals surface area contributed by atoms with Crippen LogP contribution >= 0.6 is 0 Å². The maximum atomic E-state index is 12.8. The third-order valence-electron chi connectivity index (χ3n) is 2.91. The molecule has 1 amide bonds. The largest absolute Gasteiger partial charge is 0.360 e. The van der Waals surface area contributed by atoms with E-state index in [4.69, 9.17) is 5.26 Å². The molecule has 2 N–H and O–H groups in total. The van der Waals surface area contributed by atoms with Gasteiger partial charge in [0.25, 0.3) is 11.6 Å². The van der Waals surface area contributed by atoms with Crippen molar-refractivity contribution in [3.8, 4) is 6.07 Å². The van der Waals surface area contributed by atoms with E-state index < -0.39 is 16.6 Å². The van der Waals surface area contributed by atoms with Crippen LogP contribution in [0, 0.1) is 27.3 Å². The van der Waals surface area contributed by atoms with E-state index >= 15 is 0 Å². The van der Waals surface area contributed by atoms with Gasteiger partial charge in [-0.05, 0) is 30.3 Å². The zero-order valence-corrected chi connectivity index (χ0v) is 12.2. The minimum absolute atomic E-state index is 0.123. The second-order valence-electron chi connectivity index (χ2n) is 4.58. The Bertz CT molecular complexity index is 841. The average molecular weight is 326 g/mol. The number of anilines is 2. The number of carbonyl (C=O) groups excluding carboxylic acids is 1. The maximum Gasteiger partial charge on any atom is 0.271 e. The first-order chi connectivity index (χ1) is 11.5. The van der Waals surface area contributed by atoms with Gasteiger partial charge in [0.2, 0.25) is 0 Å². The molecule has 0 unspecified atom stereocenters. The van der Waals surface area contributed by atoms with Crippen LogP contribution in [0.3, 0.4) is 0 Å². The lowest BCUT2D eigenvalue weighted by Crippen LogP contribution is -2.14. The topological polar surface area (TPSA) is 108 Å². The number of amides is 1. The second kappa shape index (κ2) is 7.51. The number of nitro benzene ring substituents is 1. The van der Waals surface area contributed by atoms with E-state index in [-0.39, 0.29) is 11.3 Å². The van der Waals surface area contributed by atoms with Crippen molar-refractivity contribution in [2.24, 2.45) is 0 Å². The fraction of sp³-hybridized carbons (Fsp3) is 0. The van der Waals surface area contributed by atoms with E-state index in [0.717, 1.165) is 6.20 Å². The molecular formula is C16H11FN4O3. The first-order valence-electron chi connectivity index (χ1n) is 6.68. The van der Waals surface area contributed by atoms with E-state index in [1.807, 2.05) is 0 Å². The highest BCUT2D eigenvalue weighted by molar-refractivity contribution is 6.06. The van der Waals surface area contributed by atoms with Crippen LogP contribution in [0.1, 0.15) is 0 Å². The number of halogens is 1. The summed E-state index contributed by atoms with van der Waals surface area (Å²) in [6.07, 6.45) is 1.14. The van der Waals surface area contributed by atoms with Gasteiger partial charge < -0.3 is 10.6 Å². The van der Waals surface area contributed by atoms with Gasteiger partial charge in [-0.2, -0.15) is 5.26 Å². The number of nitrogens with zero attached hydrogens (tertiary/aromatic N) is 2. The van der Waals surface area contributed by atoms with Crippen LogP contribution < -0.4 is 10.6 Å². The van der Waals surface area contributed by atoms with Crippen molar-refractivity contribution in [3.05, 3.63) is 76.2 Å². The van der Waals surface area contributed by atoms with Crippen molar-refractivity contribution < 1.29 is 14.1 Å². The Morgan fingerprint density at radius 1 is 1.21 bits per heavy atom. The number of non-ortho nitro benzene ring substituents is 1. The van der Waals surface area contributed by atoms with Gasteiger partial charge in [0.05, 0.1) is 4.92 Å². The van der Waals surface area contributed by atoms with Gasteiger partial charge in [-0.25, -0.2) is 4.39 Å². The predicted molar refractivity (Wildman–Crippen MR) is 85.4 cm³/mol. The highest BCUT2D eigenvalue weighted by Gasteiger charge is 2.10. The van der Waals surface area contributed by atoms with Gasteiger partial charge >= 0.3 is 0 Å². The molecule has 0 radical (unpaired) electrons. The smallest absolute Gasteiger partial charge is 0.271 e. The number of hydrogen-bond donors (Lipinski definition) is 2. The number of carbonyl (C=O) groups is 1. The van der Waals surface area contributed by atoms with Crippen LogP contribution in [0.4, 0.5) is 21.5 Å². The third kappa shape index (κ3) is 4.38. The van der Waals surface area contributed by atoms with Crippen LogP contribution in [-0.4, -0.2) is 10.8 Å². The van der Waals surface area contributed by atoms with Crippen LogP contribution in [0.15, 0.2) is 60.3 Å². The van der Waals surface area contributed by atoms with Crippen molar-refractivity contribution >= 4 is 23.0 Å². The zero-order valence-electron chi connectivity index (χ0n) is 12.2. The van der Waals surface area contributed by atoms with E-state index in [2.05, 4.69) is 10.6 Å². The Morgan fingerprint density at radius 2 is 1.92 bits per heavy atom. The van der Waals surface area contributed by atoms with Crippen molar-refractivity contribution in [2.75, 3.05) is 10.6 Å². The molecule has 2 aromatic rings. The third-order valence-corrected chi connectivity index (χ3v) is 2.91. The molecule has 7 nitrogen and oxygen atoms in total. The molecule has 0 bridgehead atoms. The molecule has 0 spiro atoms. The molecular weight excluding hydrogens is 315 g/mol. The van der Waals surface area contributed by atoms with Crippen molar-refractivity contribution in [1.29, 1.82) is 5.26 Å². The van der Waals surface area contributed by atoms with Gasteiger partial charge in [-0.1, -0.05) is 6.07 Å². The molecule has 0 aliphatic heterocycles. The summed E-state index contributed by atoms with van der Waals surface area (Å²) in [6, 6.07) is 12.4. The average Bonchev–Trinajstić information content (AvgIpc) is 2.57. The van der Waals surface area contributed by atoms with E-state index in [1.54, 1.807) is 12.1 Å². The van der Waals surface area contributed by atoms with Crippen LogP contribution in [0.5, 0.6) is 0 Å². The first-order valence-corrected chi connectivity index (χ1v) is 6.68. The molecule has 2 rings (SSSR count). The minimum Gasteiger partial charge on any atom is -0.360 e. The fourth-order valence-electron chi connectivity index (χ4n) is 1.75. The lowest BCUT2D eigenvalue weighted by Gasteiger charge is -2.05. The molecule has 0 aliphatic carbocycles. The Kier molecular flexibility index (Phi) is 5.20. The Labute approximate surface area is 136 Å². The molecule has 0 fully saturated rings. The number of nitriles is 1.